The molecular formula is C12H17ClF2N2O3S. The Morgan fingerprint density at radius 2 is 1.76 bits per heavy atom. The van der Waals surface area contributed by atoms with Crippen LogP contribution in [-0.4, -0.2) is 40.2 Å². The van der Waals surface area contributed by atoms with E-state index in [0.717, 1.165) is 0 Å². The molecule has 5 nitrogen and oxygen atoms in total. The summed E-state index contributed by atoms with van der Waals surface area (Å²) in [6.45, 7) is 1.08. The normalized spacial score (nSPS) is 11.0. The van der Waals surface area contributed by atoms with Gasteiger partial charge >= 0.3 is 5.76 Å². The Morgan fingerprint density at radius 3 is 2.24 bits per heavy atom. The zero-order valence-electron chi connectivity index (χ0n) is 11.3. The van der Waals surface area contributed by atoms with Crippen LogP contribution in [0.15, 0.2) is 24.3 Å². The van der Waals surface area contributed by atoms with Crippen molar-refractivity contribution >= 4 is 28.2 Å². The summed E-state index contributed by atoms with van der Waals surface area (Å²) in [5.41, 5.74) is 0.566. The topological polar surface area (TPSA) is 75.3 Å². The number of sulfone groups is 1. The van der Waals surface area contributed by atoms with Gasteiger partial charge in [0.25, 0.3) is 5.91 Å². The number of benzene rings is 1. The number of likely N-dealkylation sites (N-methyl/N-ethyl adjacent to an activating group) is 1. The standard InChI is InChI=1S/C12H16F2N2O3S.ClH/c1-15-6-7-16-11(17)10-4-2-9(3-5-10)8-20(18,19)12(13)14;/h2-5,12,15H,6-8H2,1H3,(H,16,17);1H. The minimum absolute atomic E-state index is 0. The molecule has 0 aliphatic heterocycles. The van der Waals surface area contributed by atoms with E-state index in [9.17, 15) is 22.0 Å². The third-order valence-electron chi connectivity index (χ3n) is 2.52. The van der Waals surface area contributed by atoms with Crippen LogP contribution in [0.5, 0.6) is 0 Å². The summed E-state index contributed by atoms with van der Waals surface area (Å²) in [4.78, 5) is 11.6. The van der Waals surface area contributed by atoms with E-state index in [1.807, 2.05) is 0 Å². The van der Waals surface area contributed by atoms with Gasteiger partial charge in [0.05, 0.1) is 5.75 Å². The van der Waals surface area contributed by atoms with Crippen molar-refractivity contribution in [1.29, 1.82) is 0 Å². The molecule has 2 N–H and O–H groups in total. The summed E-state index contributed by atoms with van der Waals surface area (Å²) in [7, 11) is -2.69. The molecule has 21 heavy (non-hydrogen) atoms. The van der Waals surface area contributed by atoms with Crippen LogP contribution in [-0.2, 0) is 15.6 Å². The lowest BCUT2D eigenvalue weighted by Crippen LogP contribution is -2.30. The van der Waals surface area contributed by atoms with Crippen LogP contribution in [0.2, 0.25) is 0 Å². The van der Waals surface area contributed by atoms with Crippen LogP contribution in [0.25, 0.3) is 0 Å². The maximum Gasteiger partial charge on any atom is 0.337 e. The quantitative estimate of drug-likeness (QED) is 0.730. The van der Waals surface area contributed by atoms with Gasteiger partial charge in [-0.3, -0.25) is 4.79 Å². The number of carbonyl (C=O) groups excluding carboxylic acids is 1. The Kier molecular flexibility index (Phi) is 8.38. The van der Waals surface area contributed by atoms with Gasteiger partial charge in [0.2, 0.25) is 9.84 Å². The van der Waals surface area contributed by atoms with Crippen LogP contribution in [0.1, 0.15) is 15.9 Å². The van der Waals surface area contributed by atoms with Crippen molar-refractivity contribution in [2.45, 2.75) is 11.5 Å². The second kappa shape index (κ2) is 8.91. The first-order valence-electron chi connectivity index (χ1n) is 5.88. The highest BCUT2D eigenvalue weighted by atomic mass is 35.5. The molecule has 0 unspecified atom stereocenters. The lowest BCUT2D eigenvalue weighted by Gasteiger charge is -2.06. The Morgan fingerprint density at radius 1 is 1.19 bits per heavy atom. The first-order chi connectivity index (χ1) is 9.36. The van der Waals surface area contributed by atoms with E-state index in [0.29, 0.717) is 18.7 Å². The van der Waals surface area contributed by atoms with E-state index >= 15 is 0 Å². The van der Waals surface area contributed by atoms with Gasteiger partial charge in [-0.1, -0.05) is 12.1 Å². The average Bonchev–Trinajstić information content (AvgIpc) is 2.39. The fraction of sp³-hybridized carbons (Fsp3) is 0.417. The van der Waals surface area contributed by atoms with Gasteiger partial charge in [-0.2, -0.15) is 8.78 Å². The number of rotatable bonds is 7. The van der Waals surface area contributed by atoms with Crippen LogP contribution in [0.3, 0.4) is 0 Å². The zero-order chi connectivity index (χ0) is 15.2. The molecule has 1 rings (SSSR count). The van der Waals surface area contributed by atoms with Crippen molar-refractivity contribution < 1.29 is 22.0 Å². The molecule has 0 aliphatic rings. The summed E-state index contributed by atoms with van der Waals surface area (Å²) in [6.07, 6.45) is 0. The van der Waals surface area contributed by atoms with Crippen LogP contribution < -0.4 is 10.6 Å². The molecule has 0 aromatic heterocycles. The molecule has 0 saturated carbocycles. The molecule has 0 saturated heterocycles. The second-order valence-corrected chi connectivity index (χ2v) is 6.09. The first kappa shape index (κ1) is 19.8. The van der Waals surface area contributed by atoms with Gasteiger partial charge in [-0.15, -0.1) is 12.4 Å². The van der Waals surface area contributed by atoms with Gasteiger partial charge in [-0.25, -0.2) is 8.42 Å². The van der Waals surface area contributed by atoms with Crippen molar-refractivity contribution in [3.63, 3.8) is 0 Å². The fourth-order valence-electron chi connectivity index (χ4n) is 1.45. The summed E-state index contributed by atoms with van der Waals surface area (Å²) in [5.74, 6) is -4.44. The smallest absolute Gasteiger partial charge is 0.337 e. The van der Waals surface area contributed by atoms with Crippen molar-refractivity contribution in [3.05, 3.63) is 35.4 Å². The fourth-order valence-corrected chi connectivity index (χ4v) is 2.23. The predicted octanol–water partition coefficient (Wildman–Crippen LogP) is 1.19. The van der Waals surface area contributed by atoms with E-state index in [1.54, 1.807) is 7.05 Å². The monoisotopic (exact) mass is 342 g/mol. The molecule has 120 valence electrons. The van der Waals surface area contributed by atoms with E-state index in [1.165, 1.54) is 24.3 Å². The number of halogens is 3. The molecule has 0 radical (unpaired) electrons. The van der Waals surface area contributed by atoms with Gasteiger partial charge in [-0.05, 0) is 24.7 Å². The Balaban J connectivity index is 0.00000400. The SMILES string of the molecule is CNCCNC(=O)c1ccc(CS(=O)(=O)C(F)F)cc1.Cl. The largest absolute Gasteiger partial charge is 0.351 e. The van der Waals surface area contributed by atoms with Gasteiger partial charge in [0.1, 0.15) is 0 Å². The van der Waals surface area contributed by atoms with Crippen molar-refractivity contribution in [2.24, 2.45) is 0 Å². The highest BCUT2D eigenvalue weighted by molar-refractivity contribution is 7.90. The van der Waals surface area contributed by atoms with Crippen molar-refractivity contribution in [1.82, 2.24) is 10.6 Å². The number of hydrogen-bond donors (Lipinski definition) is 2. The van der Waals surface area contributed by atoms with E-state index in [-0.39, 0.29) is 23.9 Å². The number of alkyl halides is 2. The van der Waals surface area contributed by atoms with Crippen LogP contribution in [0.4, 0.5) is 8.78 Å². The maximum atomic E-state index is 12.2. The Hall–Kier alpha value is -1.25. The molecule has 0 atom stereocenters. The lowest BCUT2D eigenvalue weighted by atomic mass is 10.1. The van der Waals surface area contributed by atoms with E-state index in [4.69, 9.17) is 0 Å². The summed E-state index contributed by atoms with van der Waals surface area (Å²) < 4.78 is 46.6. The molecule has 0 aliphatic carbocycles. The number of amides is 1. The van der Waals surface area contributed by atoms with Crippen molar-refractivity contribution in [2.75, 3.05) is 20.1 Å². The average molecular weight is 343 g/mol. The second-order valence-electron chi connectivity index (χ2n) is 4.12. The highest BCUT2D eigenvalue weighted by Crippen LogP contribution is 2.14. The Labute approximate surface area is 128 Å². The molecule has 0 heterocycles. The number of nitrogens with one attached hydrogen (secondary N) is 2. The summed E-state index contributed by atoms with van der Waals surface area (Å²) >= 11 is 0. The first-order valence-corrected chi connectivity index (χ1v) is 7.60. The third kappa shape index (κ3) is 6.36. The van der Waals surface area contributed by atoms with E-state index < -0.39 is 21.3 Å². The molecule has 1 amide bonds. The van der Waals surface area contributed by atoms with Crippen molar-refractivity contribution in [3.8, 4) is 0 Å². The molecule has 0 spiro atoms. The molecule has 1 aromatic carbocycles. The summed E-state index contributed by atoms with van der Waals surface area (Å²) in [5, 5.41) is 5.51. The molecule has 1 aromatic rings. The maximum absolute atomic E-state index is 12.2. The van der Waals surface area contributed by atoms with Gasteiger partial charge in [0, 0.05) is 18.7 Å². The minimum atomic E-state index is -4.44. The van der Waals surface area contributed by atoms with Crippen LogP contribution in [0, 0.1) is 0 Å². The molecule has 0 fully saturated rings. The van der Waals surface area contributed by atoms with Gasteiger partial charge in [0.15, 0.2) is 0 Å². The third-order valence-corrected chi connectivity index (χ3v) is 3.79. The number of hydrogen-bond acceptors (Lipinski definition) is 4. The van der Waals surface area contributed by atoms with E-state index in [2.05, 4.69) is 10.6 Å². The highest BCUT2D eigenvalue weighted by Gasteiger charge is 2.24. The number of carbonyl (C=O) groups is 1. The zero-order valence-corrected chi connectivity index (χ0v) is 12.9. The molecule has 9 heteroatoms. The lowest BCUT2D eigenvalue weighted by molar-refractivity contribution is 0.0954. The van der Waals surface area contributed by atoms with Crippen LogP contribution >= 0.6 is 12.4 Å². The Bertz CT molecular complexity index is 550. The summed E-state index contributed by atoms with van der Waals surface area (Å²) in [6, 6.07) is 5.52. The molecule has 0 bridgehead atoms. The predicted molar refractivity (Wildman–Crippen MR) is 78.6 cm³/mol. The van der Waals surface area contributed by atoms with Gasteiger partial charge < -0.3 is 10.6 Å². The minimum Gasteiger partial charge on any atom is -0.351 e. The molecular weight excluding hydrogens is 326 g/mol.